The van der Waals surface area contributed by atoms with Crippen LogP contribution in [0.5, 0.6) is 0 Å². The van der Waals surface area contributed by atoms with E-state index in [0.29, 0.717) is 30.6 Å². The molecule has 0 radical (unpaired) electrons. The minimum absolute atomic E-state index is 0.0568. The van der Waals surface area contributed by atoms with Crippen LogP contribution >= 0.6 is 0 Å². The summed E-state index contributed by atoms with van der Waals surface area (Å²) in [5.41, 5.74) is 2.15. The molecule has 2 aromatic carbocycles. The largest absolute Gasteiger partial charge is 0.282 e. The summed E-state index contributed by atoms with van der Waals surface area (Å²) in [5.74, 6) is -0.811. The number of H-pyrrole nitrogens is 1. The Morgan fingerprint density at radius 3 is 2.48 bits per heavy atom. The van der Waals surface area contributed by atoms with Crippen LogP contribution in [0.15, 0.2) is 59.5 Å². The molecule has 1 aromatic heterocycles. The zero-order valence-electron chi connectivity index (χ0n) is 14.7. The molecule has 0 fully saturated rings. The second-order valence-electron chi connectivity index (χ2n) is 6.17. The molecule has 0 spiro atoms. The van der Waals surface area contributed by atoms with Gasteiger partial charge in [0.15, 0.2) is 0 Å². The molecule has 1 heterocycles. The van der Waals surface area contributed by atoms with Crippen LogP contribution in [0, 0.1) is 11.6 Å². The predicted octanol–water partition coefficient (Wildman–Crippen LogP) is 3.61. The lowest BCUT2D eigenvalue weighted by Crippen LogP contribution is -2.28. The smallest absolute Gasteiger partial charge is 0.242 e. The molecule has 0 unspecified atom stereocenters. The first-order chi connectivity index (χ1) is 12.9. The molecule has 0 saturated carbocycles. The highest BCUT2D eigenvalue weighted by atomic mass is 32.2. The maximum absolute atomic E-state index is 13.3. The molecule has 142 valence electrons. The van der Waals surface area contributed by atoms with Crippen LogP contribution < -0.4 is 0 Å². The van der Waals surface area contributed by atoms with Gasteiger partial charge in [-0.2, -0.15) is 5.10 Å². The Hall–Kier alpha value is -2.58. The Bertz CT molecular complexity index is 1020. The van der Waals surface area contributed by atoms with Crippen LogP contribution in [0.4, 0.5) is 8.78 Å². The van der Waals surface area contributed by atoms with Gasteiger partial charge in [0.2, 0.25) is 10.0 Å². The maximum Gasteiger partial charge on any atom is 0.242 e. The van der Waals surface area contributed by atoms with Crippen molar-refractivity contribution in [3.63, 3.8) is 0 Å². The SMILES string of the molecule is CN(CCCc1cc(-c2cccc(F)c2)n[nH]1)S(=O)(=O)c1ccc(F)cc1. The van der Waals surface area contributed by atoms with Gasteiger partial charge in [-0.1, -0.05) is 12.1 Å². The maximum atomic E-state index is 13.3. The standard InChI is InChI=1S/C19H19F2N3O2S/c1-24(27(25,26)18-9-7-15(20)8-10-18)11-3-6-17-13-19(23-22-17)14-4-2-5-16(21)12-14/h2,4-5,7-10,12-13H,3,6,11H2,1H3,(H,22,23). The molecule has 1 N–H and O–H groups in total. The topological polar surface area (TPSA) is 66.1 Å². The summed E-state index contributed by atoms with van der Waals surface area (Å²) < 4.78 is 52.4. The number of aryl methyl sites for hydroxylation is 1. The van der Waals surface area contributed by atoms with Crippen molar-refractivity contribution in [3.05, 3.63) is 71.9 Å². The molecule has 3 rings (SSSR count). The Kier molecular flexibility index (Phi) is 5.67. The molecule has 0 bridgehead atoms. The Balaban J connectivity index is 1.59. The van der Waals surface area contributed by atoms with E-state index < -0.39 is 15.8 Å². The Morgan fingerprint density at radius 1 is 1.04 bits per heavy atom. The van der Waals surface area contributed by atoms with Crippen molar-refractivity contribution in [3.8, 4) is 11.3 Å². The van der Waals surface area contributed by atoms with Gasteiger partial charge in [0.25, 0.3) is 0 Å². The number of sulfonamides is 1. The van der Waals surface area contributed by atoms with Gasteiger partial charge in [-0.15, -0.1) is 0 Å². The van der Waals surface area contributed by atoms with Gasteiger partial charge in [-0.25, -0.2) is 21.5 Å². The predicted molar refractivity (Wildman–Crippen MR) is 98.5 cm³/mol. The fourth-order valence-corrected chi connectivity index (χ4v) is 3.89. The van der Waals surface area contributed by atoms with Gasteiger partial charge >= 0.3 is 0 Å². The van der Waals surface area contributed by atoms with E-state index in [4.69, 9.17) is 0 Å². The molecule has 27 heavy (non-hydrogen) atoms. The van der Waals surface area contributed by atoms with E-state index in [9.17, 15) is 17.2 Å². The van der Waals surface area contributed by atoms with E-state index in [2.05, 4.69) is 10.2 Å². The molecule has 0 saturated heterocycles. The molecular weight excluding hydrogens is 372 g/mol. The Labute approximate surface area is 156 Å². The van der Waals surface area contributed by atoms with Crippen molar-refractivity contribution in [2.24, 2.45) is 0 Å². The molecule has 0 atom stereocenters. The molecule has 0 aliphatic heterocycles. The van der Waals surface area contributed by atoms with Crippen molar-refractivity contribution >= 4 is 10.0 Å². The van der Waals surface area contributed by atoms with Gasteiger partial charge in [0.1, 0.15) is 11.6 Å². The summed E-state index contributed by atoms with van der Waals surface area (Å²) in [6.07, 6.45) is 1.16. The van der Waals surface area contributed by atoms with Crippen molar-refractivity contribution in [1.29, 1.82) is 0 Å². The van der Waals surface area contributed by atoms with E-state index in [1.807, 2.05) is 6.07 Å². The van der Waals surface area contributed by atoms with Gasteiger partial charge in [-0.3, -0.25) is 5.10 Å². The van der Waals surface area contributed by atoms with E-state index >= 15 is 0 Å². The molecule has 5 nitrogen and oxygen atoms in total. The number of hydrogen-bond donors (Lipinski definition) is 1. The van der Waals surface area contributed by atoms with Crippen LogP contribution in [-0.2, 0) is 16.4 Å². The average Bonchev–Trinajstić information content (AvgIpc) is 3.11. The second-order valence-corrected chi connectivity index (χ2v) is 8.22. The number of rotatable bonds is 7. The number of nitrogens with one attached hydrogen (secondary N) is 1. The van der Waals surface area contributed by atoms with Crippen LogP contribution in [0.3, 0.4) is 0 Å². The van der Waals surface area contributed by atoms with E-state index in [0.717, 1.165) is 17.8 Å². The van der Waals surface area contributed by atoms with Gasteiger partial charge in [0.05, 0.1) is 10.6 Å². The fourth-order valence-electron chi connectivity index (χ4n) is 2.68. The third-order valence-corrected chi connectivity index (χ3v) is 6.06. The highest BCUT2D eigenvalue weighted by Gasteiger charge is 2.20. The lowest BCUT2D eigenvalue weighted by atomic mass is 10.1. The summed E-state index contributed by atoms with van der Waals surface area (Å²) in [4.78, 5) is 0.0568. The van der Waals surface area contributed by atoms with Gasteiger partial charge in [0, 0.05) is 24.8 Å². The number of benzene rings is 2. The van der Waals surface area contributed by atoms with E-state index in [1.54, 1.807) is 12.1 Å². The van der Waals surface area contributed by atoms with E-state index in [1.165, 1.54) is 35.6 Å². The van der Waals surface area contributed by atoms with Crippen molar-refractivity contribution < 1.29 is 17.2 Å². The number of nitrogens with zero attached hydrogens (tertiary/aromatic N) is 2. The van der Waals surface area contributed by atoms with Crippen molar-refractivity contribution in [2.45, 2.75) is 17.7 Å². The second kappa shape index (κ2) is 7.98. The fraction of sp³-hybridized carbons (Fsp3) is 0.211. The van der Waals surface area contributed by atoms with Crippen molar-refractivity contribution in [2.75, 3.05) is 13.6 Å². The summed E-state index contributed by atoms with van der Waals surface area (Å²) in [6, 6.07) is 12.7. The molecule has 3 aromatic rings. The zero-order valence-corrected chi connectivity index (χ0v) is 15.5. The third-order valence-electron chi connectivity index (χ3n) is 4.19. The zero-order chi connectivity index (χ0) is 19.4. The molecule has 0 amide bonds. The molecule has 0 aliphatic rings. The van der Waals surface area contributed by atoms with Crippen LogP contribution in [0.1, 0.15) is 12.1 Å². The normalized spacial score (nSPS) is 11.9. The quantitative estimate of drug-likeness (QED) is 0.669. The summed E-state index contributed by atoms with van der Waals surface area (Å²) in [5, 5.41) is 7.06. The highest BCUT2D eigenvalue weighted by molar-refractivity contribution is 7.89. The number of hydrogen-bond acceptors (Lipinski definition) is 3. The first-order valence-corrected chi connectivity index (χ1v) is 9.82. The lowest BCUT2D eigenvalue weighted by molar-refractivity contribution is 0.460. The first kappa shape index (κ1) is 19.2. The minimum atomic E-state index is -3.65. The number of aromatic nitrogens is 2. The first-order valence-electron chi connectivity index (χ1n) is 8.38. The summed E-state index contributed by atoms with van der Waals surface area (Å²) >= 11 is 0. The minimum Gasteiger partial charge on any atom is -0.282 e. The monoisotopic (exact) mass is 391 g/mol. The van der Waals surface area contributed by atoms with Crippen LogP contribution in [0.25, 0.3) is 11.3 Å². The number of halogens is 2. The highest BCUT2D eigenvalue weighted by Crippen LogP contribution is 2.20. The summed E-state index contributed by atoms with van der Waals surface area (Å²) in [7, 11) is -2.16. The summed E-state index contributed by atoms with van der Waals surface area (Å²) in [6.45, 7) is 0.300. The molecular formula is C19H19F2N3O2S. The third kappa shape index (κ3) is 4.58. The Morgan fingerprint density at radius 2 is 1.78 bits per heavy atom. The molecule has 8 heteroatoms. The van der Waals surface area contributed by atoms with Crippen LogP contribution in [0.2, 0.25) is 0 Å². The lowest BCUT2D eigenvalue weighted by Gasteiger charge is -2.16. The van der Waals surface area contributed by atoms with Crippen LogP contribution in [-0.4, -0.2) is 36.5 Å². The van der Waals surface area contributed by atoms with Gasteiger partial charge < -0.3 is 0 Å². The van der Waals surface area contributed by atoms with E-state index in [-0.39, 0.29) is 10.7 Å². The average molecular weight is 391 g/mol. The molecule has 0 aliphatic carbocycles. The number of aromatic amines is 1. The van der Waals surface area contributed by atoms with Gasteiger partial charge in [-0.05, 0) is 55.3 Å². The van der Waals surface area contributed by atoms with Crippen molar-refractivity contribution in [1.82, 2.24) is 14.5 Å².